The lowest BCUT2D eigenvalue weighted by atomic mass is 9.82. The summed E-state index contributed by atoms with van der Waals surface area (Å²) >= 11 is 0. The summed E-state index contributed by atoms with van der Waals surface area (Å²) in [7, 11) is 0. The van der Waals surface area contributed by atoms with Gasteiger partial charge in [-0.15, -0.1) is 0 Å². The maximum atomic E-state index is 12.5. The number of hydrogen-bond donors (Lipinski definition) is 3. The van der Waals surface area contributed by atoms with Crippen molar-refractivity contribution in [1.29, 1.82) is 0 Å². The second kappa shape index (κ2) is 7.11. The van der Waals surface area contributed by atoms with Gasteiger partial charge < -0.3 is 20.4 Å². The number of nitrogens with one attached hydrogen (secondary N) is 1. The van der Waals surface area contributed by atoms with E-state index in [2.05, 4.69) is 5.32 Å². The summed E-state index contributed by atoms with van der Waals surface area (Å²) in [6.45, 7) is 0.808. The SMILES string of the molecule is O=C(NC1(C(=O)O)CCCCC1)N1CCCC1CCCO. The number of aliphatic hydroxyl groups excluding tert-OH is 1. The lowest BCUT2D eigenvalue weighted by Crippen LogP contribution is -2.59. The number of rotatable bonds is 5. The fourth-order valence-corrected chi connectivity index (χ4v) is 3.55. The molecule has 2 rings (SSSR count). The summed E-state index contributed by atoms with van der Waals surface area (Å²) in [6.07, 6.45) is 7.11. The average molecular weight is 298 g/mol. The van der Waals surface area contributed by atoms with E-state index in [0.29, 0.717) is 25.8 Å². The van der Waals surface area contributed by atoms with E-state index in [0.717, 1.165) is 38.5 Å². The largest absolute Gasteiger partial charge is 0.480 e. The highest BCUT2D eigenvalue weighted by atomic mass is 16.4. The zero-order valence-corrected chi connectivity index (χ0v) is 12.5. The highest BCUT2D eigenvalue weighted by Gasteiger charge is 2.42. The first kappa shape index (κ1) is 16.1. The number of carbonyl (C=O) groups is 2. The van der Waals surface area contributed by atoms with Crippen LogP contribution in [-0.4, -0.2) is 51.8 Å². The van der Waals surface area contributed by atoms with Crippen LogP contribution in [0.15, 0.2) is 0 Å². The first-order valence-electron chi connectivity index (χ1n) is 8.02. The molecule has 6 nitrogen and oxygen atoms in total. The van der Waals surface area contributed by atoms with Crippen molar-refractivity contribution in [3.05, 3.63) is 0 Å². The van der Waals surface area contributed by atoms with E-state index < -0.39 is 11.5 Å². The molecule has 1 saturated heterocycles. The van der Waals surface area contributed by atoms with Crippen molar-refractivity contribution in [2.24, 2.45) is 0 Å². The summed E-state index contributed by atoms with van der Waals surface area (Å²) < 4.78 is 0. The van der Waals surface area contributed by atoms with Crippen LogP contribution in [0.25, 0.3) is 0 Å². The highest BCUT2D eigenvalue weighted by molar-refractivity contribution is 5.86. The molecule has 2 amide bonds. The minimum Gasteiger partial charge on any atom is -0.480 e. The second-order valence-corrected chi connectivity index (χ2v) is 6.23. The summed E-state index contributed by atoms with van der Waals surface area (Å²) in [5.74, 6) is -0.915. The Balaban J connectivity index is 1.99. The van der Waals surface area contributed by atoms with Crippen LogP contribution in [-0.2, 0) is 4.79 Å². The van der Waals surface area contributed by atoms with Crippen LogP contribution in [0, 0.1) is 0 Å². The van der Waals surface area contributed by atoms with Gasteiger partial charge in [-0.25, -0.2) is 9.59 Å². The molecule has 120 valence electrons. The van der Waals surface area contributed by atoms with Crippen molar-refractivity contribution in [3.63, 3.8) is 0 Å². The fraction of sp³-hybridized carbons (Fsp3) is 0.867. The standard InChI is InChI=1S/C15H26N2O4/c18-11-5-7-12-6-4-10-17(12)14(21)16-15(13(19)20)8-2-1-3-9-15/h12,18H,1-11H2,(H,16,21)(H,19,20). The number of aliphatic carboxylic acids is 1. The quantitative estimate of drug-likeness (QED) is 0.721. The molecule has 1 aliphatic heterocycles. The summed E-state index contributed by atoms with van der Waals surface area (Å²) in [4.78, 5) is 25.9. The van der Waals surface area contributed by atoms with E-state index in [1.165, 1.54) is 0 Å². The number of nitrogens with zero attached hydrogens (tertiary/aromatic N) is 1. The van der Waals surface area contributed by atoms with E-state index in [1.807, 2.05) is 0 Å². The van der Waals surface area contributed by atoms with E-state index in [-0.39, 0.29) is 18.7 Å². The molecule has 1 aliphatic carbocycles. The summed E-state index contributed by atoms with van der Waals surface area (Å²) in [5.41, 5.74) is -1.08. The number of aliphatic hydroxyl groups is 1. The molecule has 0 aromatic rings. The Hall–Kier alpha value is -1.30. The Morgan fingerprint density at radius 1 is 1.19 bits per heavy atom. The van der Waals surface area contributed by atoms with Crippen molar-refractivity contribution in [2.75, 3.05) is 13.2 Å². The lowest BCUT2D eigenvalue weighted by Gasteiger charge is -2.36. The minimum absolute atomic E-state index is 0.130. The average Bonchev–Trinajstić information content (AvgIpc) is 2.94. The maximum Gasteiger partial charge on any atom is 0.329 e. The van der Waals surface area contributed by atoms with E-state index in [9.17, 15) is 14.7 Å². The molecule has 6 heteroatoms. The number of urea groups is 1. The molecule has 21 heavy (non-hydrogen) atoms. The molecular formula is C15H26N2O4. The molecule has 0 radical (unpaired) electrons. The summed E-state index contributed by atoms with van der Waals surface area (Å²) in [6, 6.07) is -0.119. The number of carboxylic acids is 1. The van der Waals surface area contributed by atoms with Crippen molar-refractivity contribution >= 4 is 12.0 Å². The molecule has 1 heterocycles. The first-order valence-corrected chi connectivity index (χ1v) is 8.02. The van der Waals surface area contributed by atoms with Gasteiger partial charge in [-0.1, -0.05) is 19.3 Å². The van der Waals surface area contributed by atoms with Crippen LogP contribution in [0.2, 0.25) is 0 Å². The fourth-order valence-electron chi connectivity index (χ4n) is 3.55. The topological polar surface area (TPSA) is 89.9 Å². The van der Waals surface area contributed by atoms with Crippen LogP contribution in [0.1, 0.15) is 57.8 Å². The van der Waals surface area contributed by atoms with Gasteiger partial charge in [0.2, 0.25) is 0 Å². The predicted molar refractivity (Wildman–Crippen MR) is 78.0 cm³/mol. The van der Waals surface area contributed by atoms with Crippen LogP contribution in [0.5, 0.6) is 0 Å². The van der Waals surface area contributed by atoms with Gasteiger partial charge in [-0.05, 0) is 38.5 Å². The summed E-state index contributed by atoms with van der Waals surface area (Å²) in [5, 5.41) is 21.3. The zero-order valence-electron chi connectivity index (χ0n) is 12.5. The van der Waals surface area contributed by atoms with Gasteiger partial charge in [0, 0.05) is 19.2 Å². The van der Waals surface area contributed by atoms with Crippen molar-refractivity contribution in [3.8, 4) is 0 Å². The van der Waals surface area contributed by atoms with Crippen LogP contribution in [0.4, 0.5) is 4.79 Å². The highest BCUT2D eigenvalue weighted by Crippen LogP contribution is 2.30. The molecule has 2 aliphatic rings. The molecule has 1 atom stereocenters. The number of amides is 2. The Bertz CT molecular complexity index is 380. The molecule has 1 saturated carbocycles. The van der Waals surface area contributed by atoms with Gasteiger partial charge in [0.25, 0.3) is 0 Å². The monoisotopic (exact) mass is 298 g/mol. The smallest absolute Gasteiger partial charge is 0.329 e. The molecular weight excluding hydrogens is 272 g/mol. The first-order chi connectivity index (χ1) is 10.1. The van der Waals surface area contributed by atoms with E-state index in [4.69, 9.17) is 5.11 Å². The molecule has 1 unspecified atom stereocenters. The molecule has 0 bridgehead atoms. The van der Waals surface area contributed by atoms with Gasteiger partial charge >= 0.3 is 12.0 Å². The van der Waals surface area contributed by atoms with Crippen molar-refractivity contribution < 1.29 is 19.8 Å². The van der Waals surface area contributed by atoms with Crippen LogP contribution in [0.3, 0.4) is 0 Å². The predicted octanol–water partition coefficient (Wildman–Crippen LogP) is 1.72. The van der Waals surface area contributed by atoms with Gasteiger partial charge in [-0.3, -0.25) is 0 Å². The van der Waals surface area contributed by atoms with E-state index >= 15 is 0 Å². The maximum absolute atomic E-state index is 12.5. The minimum atomic E-state index is -1.08. The second-order valence-electron chi connectivity index (χ2n) is 6.23. The van der Waals surface area contributed by atoms with Crippen molar-refractivity contribution in [1.82, 2.24) is 10.2 Å². The Kier molecular flexibility index (Phi) is 5.45. The van der Waals surface area contributed by atoms with Gasteiger partial charge in [0.1, 0.15) is 5.54 Å². The third-order valence-electron chi connectivity index (χ3n) is 4.80. The van der Waals surface area contributed by atoms with Gasteiger partial charge in [0.15, 0.2) is 0 Å². The molecule has 3 N–H and O–H groups in total. The zero-order chi connectivity index (χ0) is 15.3. The lowest BCUT2D eigenvalue weighted by molar-refractivity contribution is -0.146. The normalized spacial score (nSPS) is 24.8. The molecule has 0 spiro atoms. The molecule has 0 aromatic carbocycles. The van der Waals surface area contributed by atoms with Gasteiger partial charge in [-0.2, -0.15) is 0 Å². The number of likely N-dealkylation sites (tertiary alicyclic amines) is 1. The Morgan fingerprint density at radius 2 is 1.90 bits per heavy atom. The number of hydrogen-bond acceptors (Lipinski definition) is 3. The van der Waals surface area contributed by atoms with Crippen molar-refractivity contribution in [2.45, 2.75) is 69.4 Å². The van der Waals surface area contributed by atoms with Gasteiger partial charge in [0.05, 0.1) is 0 Å². The third kappa shape index (κ3) is 3.67. The van der Waals surface area contributed by atoms with Crippen LogP contribution < -0.4 is 5.32 Å². The third-order valence-corrected chi connectivity index (χ3v) is 4.80. The number of carbonyl (C=O) groups excluding carboxylic acids is 1. The molecule has 0 aromatic heterocycles. The van der Waals surface area contributed by atoms with Crippen LogP contribution >= 0.6 is 0 Å². The Morgan fingerprint density at radius 3 is 2.52 bits per heavy atom. The number of carboxylic acid groups (broad SMARTS) is 1. The molecule has 2 fully saturated rings. The van der Waals surface area contributed by atoms with E-state index in [1.54, 1.807) is 4.90 Å². The Labute approximate surface area is 125 Å².